The van der Waals surface area contributed by atoms with Crippen molar-refractivity contribution in [3.8, 4) is 10.6 Å². The van der Waals surface area contributed by atoms with Gasteiger partial charge in [-0.15, -0.1) is 11.3 Å². The molecule has 0 radical (unpaired) electrons. The van der Waals surface area contributed by atoms with Gasteiger partial charge in [-0.25, -0.2) is 14.6 Å². The van der Waals surface area contributed by atoms with Crippen molar-refractivity contribution in [1.29, 1.82) is 0 Å². The van der Waals surface area contributed by atoms with Crippen LogP contribution >= 0.6 is 11.3 Å². The molecule has 1 aromatic carbocycles. The minimum atomic E-state index is -0.951. The first-order chi connectivity index (χ1) is 16.5. The zero-order valence-electron chi connectivity index (χ0n) is 18.9. The van der Waals surface area contributed by atoms with E-state index in [1.54, 1.807) is 11.3 Å². The number of fused-ring (bicyclic) bond motifs is 1. The van der Waals surface area contributed by atoms with Gasteiger partial charge in [0.2, 0.25) is 0 Å². The highest BCUT2D eigenvalue weighted by Gasteiger charge is 2.29. The molecule has 8 nitrogen and oxygen atoms in total. The second kappa shape index (κ2) is 9.69. The highest BCUT2D eigenvalue weighted by Crippen LogP contribution is 2.34. The van der Waals surface area contributed by atoms with Gasteiger partial charge in [-0.2, -0.15) is 0 Å². The number of benzene rings is 1. The molecule has 2 N–H and O–H groups in total. The lowest BCUT2D eigenvalue weighted by Crippen LogP contribution is -2.54. The van der Waals surface area contributed by atoms with Gasteiger partial charge < -0.3 is 20.0 Å². The number of amides is 2. The van der Waals surface area contributed by atoms with Crippen molar-refractivity contribution in [2.24, 2.45) is 0 Å². The quantitative estimate of drug-likeness (QED) is 0.594. The number of para-hydroxylation sites is 1. The normalized spacial score (nSPS) is 17.9. The molecule has 2 saturated heterocycles. The van der Waals surface area contributed by atoms with Crippen molar-refractivity contribution >= 4 is 34.2 Å². The van der Waals surface area contributed by atoms with Gasteiger partial charge in [-0.05, 0) is 30.4 Å². The van der Waals surface area contributed by atoms with E-state index in [9.17, 15) is 19.8 Å². The summed E-state index contributed by atoms with van der Waals surface area (Å²) in [6, 6.07) is 11.3. The number of carboxylic acid groups (broad SMARTS) is 1. The van der Waals surface area contributed by atoms with E-state index in [-0.39, 0.29) is 12.1 Å². The molecule has 0 aliphatic carbocycles. The number of hydrogen-bond donors (Lipinski definition) is 2. The fourth-order valence-electron chi connectivity index (χ4n) is 4.84. The van der Waals surface area contributed by atoms with Crippen LogP contribution in [-0.2, 0) is 6.54 Å². The maximum absolute atomic E-state index is 12.9. The molecule has 0 unspecified atom stereocenters. The fourth-order valence-corrected chi connectivity index (χ4v) is 5.59. The molecule has 5 rings (SSSR count). The number of piperidine rings is 1. The summed E-state index contributed by atoms with van der Waals surface area (Å²) in [4.78, 5) is 37.0. The van der Waals surface area contributed by atoms with E-state index >= 15 is 0 Å². The second-order valence-corrected chi connectivity index (χ2v) is 9.83. The van der Waals surface area contributed by atoms with Crippen LogP contribution in [0.1, 0.15) is 28.8 Å². The maximum Gasteiger partial charge on any atom is 0.336 e. The number of thiophene rings is 1. The molecule has 0 saturated carbocycles. The van der Waals surface area contributed by atoms with Gasteiger partial charge in [-0.1, -0.05) is 24.3 Å². The van der Waals surface area contributed by atoms with Gasteiger partial charge in [0.1, 0.15) is 0 Å². The Hall–Kier alpha value is -3.01. The largest absolute Gasteiger partial charge is 0.478 e. The van der Waals surface area contributed by atoms with E-state index in [0.29, 0.717) is 75.1 Å². The Morgan fingerprint density at radius 1 is 0.971 bits per heavy atom. The molecular weight excluding hydrogens is 452 g/mol. The Kier molecular flexibility index (Phi) is 6.49. The van der Waals surface area contributed by atoms with Crippen molar-refractivity contribution in [3.63, 3.8) is 0 Å². The van der Waals surface area contributed by atoms with Crippen LogP contribution in [0.5, 0.6) is 0 Å². The molecule has 2 aromatic heterocycles. The highest BCUT2D eigenvalue weighted by molar-refractivity contribution is 7.13. The van der Waals surface area contributed by atoms with E-state index in [1.807, 2.05) is 51.6 Å². The van der Waals surface area contributed by atoms with Gasteiger partial charge in [0, 0.05) is 56.8 Å². The predicted octanol–water partition coefficient (Wildman–Crippen LogP) is 3.36. The molecule has 0 bridgehead atoms. The molecule has 3 aromatic rings. The number of pyridine rings is 1. The molecule has 0 spiro atoms. The molecule has 2 amide bonds. The van der Waals surface area contributed by atoms with Crippen molar-refractivity contribution < 1.29 is 19.8 Å². The number of urea groups is 1. The summed E-state index contributed by atoms with van der Waals surface area (Å²) < 4.78 is 0. The molecule has 2 aliphatic rings. The predicted molar refractivity (Wildman–Crippen MR) is 131 cm³/mol. The van der Waals surface area contributed by atoms with Crippen LogP contribution in [0.3, 0.4) is 0 Å². The van der Waals surface area contributed by atoms with Gasteiger partial charge in [-0.3, -0.25) is 4.90 Å². The van der Waals surface area contributed by atoms with Crippen LogP contribution in [0.2, 0.25) is 0 Å². The molecule has 2 aliphatic heterocycles. The monoisotopic (exact) mass is 480 g/mol. The number of hydrogen-bond acceptors (Lipinski definition) is 6. The Labute approximate surface area is 202 Å². The Bertz CT molecular complexity index is 1180. The first kappa shape index (κ1) is 22.8. The number of carboxylic acids is 1. The summed E-state index contributed by atoms with van der Waals surface area (Å²) in [5.74, 6) is -0.951. The number of likely N-dealkylation sites (tertiary alicyclic amines) is 1. The molecule has 34 heavy (non-hydrogen) atoms. The average molecular weight is 481 g/mol. The average Bonchev–Trinajstić information content (AvgIpc) is 3.39. The first-order valence-corrected chi connectivity index (χ1v) is 12.5. The van der Waals surface area contributed by atoms with Crippen LogP contribution in [0, 0.1) is 0 Å². The number of rotatable bonds is 4. The first-order valence-electron chi connectivity index (χ1n) is 11.6. The number of piperazine rings is 1. The van der Waals surface area contributed by atoms with Crippen molar-refractivity contribution in [3.05, 3.63) is 52.9 Å². The highest BCUT2D eigenvalue weighted by atomic mass is 32.1. The van der Waals surface area contributed by atoms with E-state index < -0.39 is 5.97 Å². The summed E-state index contributed by atoms with van der Waals surface area (Å²) in [6.45, 7) is 4.16. The van der Waals surface area contributed by atoms with Crippen molar-refractivity contribution in [2.75, 3.05) is 39.3 Å². The lowest BCUT2D eigenvalue weighted by atomic mass is 9.98. The summed E-state index contributed by atoms with van der Waals surface area (Å²) >= 11 is 1.55. The third-order valence-corrected chi connectivity index (χ3v) is 7.60. The Morgan fingerprint density at radius 2 is 1.68 bits per heavy atom. The third kappa shape index (κ3) is 4.51. The van der Waals surface area contributed by atoms with Crippen LogP contribution in [-0.4, -0.2) is 87.3 Å². The number of aliphatic hydroxyl groups excluding tert-OH is 1. The van der Waals surface area contributed by atoms with Gasteiger partial charge in [0.15, 0.2) is 0 Å². The number of carbonyl (C=O) groups is 2. The minimum absolute atomic E-state index is 0.0319. The van der Waals surface area contributed by atoms with Gasteiger partial charge in [0.25, 0.3) is 0 Å². The molecular formula is C25H28N4O4S. The maximum atomic E-state index is 12.9. The second-order valence-electron chi connectivity index (χ2n) is 8.88. The van der Waals surface area contributed by atoms with E-state index in [2.05, 4.69) is 4.90 Å². The molecule has 9 heteroatoms. The zero-order valence-corrected chi connectivity index (χ0v) is 19.7. The summed E-state index contributed by atoms with van der Waals surface area (Å²) in [5, 5.41) is 22.5. The topological polar surface area (TPSA) is 97.2 Å². The van der Waals surface area contributed by atoms with Gasteiger partial charge >= 0.3 is 12.0 Å². The van der Waals surface area contributed by atoms with E-state index in [0.717, 1.165) is 16.1 Å². The van der Waals surface area contributed by atoms with E-state index in [4.69, 9.17) is 4.98 Å². The standard InChI is InChI=1S/C25H28N4O4S/c30-17-7-9-28(10-8-17)25(33)29-13-11-27(12-14-29)16-19-22(24(31)32)18-4-1-2-5-20(18)26-23(19)21-6-3-15-34-21/h1-6,15,17,30H,7-14,16H2,(H,31,32). The van der Waals surface area contributed by atoms with Crippen molar-refractivity contribution in [1.82, 2.24) is 19.7 Å². The molecule has 2 fully saturated rings. The number of aromatic carboxylic acids is 1. The minimum Gasteiger partial charge on any atom is -0.478 e. The van der Waals surface area contributed by atoms with Crippen LogP contribution in [0.25, 0.3) is 21.5 Å². The smallest absolute Gasteiger partial charge is 0.336 e. The number of carbonyl (C=O) groups excluding carboxylic acids is 1. The number of aromatic nitrogens is 1. The summed E-state index contributed by atoms with van der Waals surface area (Å²) in [5.41, 5.74) is 2.42. The Balaban J connectivity index is 1.38. The fraction of sp³-hybridized carbons (Fsp3) is 0.400. The summed E-state index contributed by atoms with van der Waals surface area (Å²) in [6.07, 6.45) is 0.950. The lowest BCUT2D eigenvalue weighted by molar-refractivity contribution is 0.0690. The summed E-state index contributed by atoms with van der Waals surface area (Å²) in [7, 11) is 0. The van der Waals surface area contributed by atoms with Crippen LogP contribution in [0.15, 0.2) is 41.8 Å². The van der Waals surface area contributed by atoms with Crippen molar-refractivity contribution in [2.45, 2.75) is 25.5 Å². The van der Waals surface area contributed by atoms with Crippen LogP contribution in [0.4, 0.5) is 4.79 Å². The number of aliphatic hydroxyl groups is 1. The van der Waals surface area contributed by atoms with Crippen LogP contribution < -0.4 is 0 Å². The van der Waals surface area contributed by atoms with Gasteiger partial charge in [0.05, 0.1) is 27.8 Å². The zero-order chi connectivity index (χ0) is 23.7. The lowest BCUT2D eigenvalue weighted by Gasteiger charge is -2.39. The SMILES string of the molecule is O=C(O)c1c(CN2CCN(C(=O)N3CCC(O)CC3)CC2)c(-c2cccs2)nc2ccccc12. The molecule has 0 atom stereocenters. The van der Waals surface area contributed by atoms with E-state index in [1.165, 1.54) is 0 Å². The third-order valence-electron chi connectivity index (χ3n) is 6.72. The molecule has 178 valence electrons. The number of nitrogens with zero attached hydrogens (tertiary/aromatic N) is 4. The molecule has 4 heterocycles. The Morgan fingerprint density at radius 3 is 2.35 bits per heavy atom.